The van der Waals surface area contributed by atoms with Gasteiger partial charge in [-0.05, 0) is 76.1 Å². The summed E-state index contributed by atoms with van der Waals surface area (Å²) in [5, 5.41) is 9.38. The quantitative estimate of drug-likeness (QED) is 0.315. The van der Waals surface area contributed by atoms with Crippen molar-refractivity contribution in [2.75, 3.05) is 13.7 Å². The molecule has 1 saturated carbocycles. The Balaban J connectivity index is 1.46. The predicted molar refractivity (Wildman–Crippen MR) is 171 cm³/mol. The first-order valence-corrected chi connectivity index (χ1v) is 16.1. The van der Waals surface area contributed by atoms with Crippen LogP contribution in [0.5, 0.6) is 11.6 Å². The van der Waals surface area contributed by atoms with E-state index in [9.17, 15) is 24.0 Å². The van der Waals surface area contributed by atoms with Crippen molar-refractivity contribution in [3.8, 4) is 11.6 Å². The number of ether oxygens (including phenoxy) is 3. The van der Waals surface area contributed by atoms with Crippen LogP contribution in [0.1, 0.15) is 65.7 Å². The van der Waals surface area contributed by atoms with Crippen molar-refractivity contribution in [3.05, 3.63) is 42.6 Å². The molecule has 2 aromatic rings. The third-order valence-electron chi connectivity index (χ3n) is 8.74. The molecule has 1 aromatic heterocycles. The summed E-state index contributed by atoms with van der Waals surface area (Å²) < 4.78 is 17.2. The molecule has 0 unspecified atom stereocenters. The lowest BCUT2D eigenvalue weighted by molar-refractivity contribution is -0.141. The highest BCUT2D eigenvalue weighted by Gasteiger charge is 2.61. The van der Waals surface area contributed by atoms with Crippen LogP contribution < -0.4 is 25.4 Å². The normalized spacial score (nSPS) is 27.2. The molecule has 252 valence electrons. The number of rotatable bonds is 6. The van der Waals surface area contributed by atoms with Crippen LogP contribution in [0.3, 0.4) is 0 Å². The molecule has 0 bridgehead atoms. The molecule has 5 rings (SSSR count). The number of pyridine rings is 1. The minimum Gasteiger partial charge on any atom is -0.497 e. The molecule has 1 saturated heterocycles. The average molecular weight is 650 g/mol. The van der Waals surface area contributed by atoms with E-state index in [1.54, 1.807) is 40.1 Å². The molecule has 1 aliphatic carbocycles. The van der Waals surface area contributed by atoms with Crippen molar-refractivity contribution in [2.45, 2.75) is 95.0 Å². The molecular weight excluding hydrogens is 606 g/mol. The molecule has 5 amide bonds. The first kappa shape index (κ1) is 33.7. The van der Waals surface area contributed by atoms with Gasteiger partial charge in [-0.25, -0.2) is 9.78 Å². The summed E-state index contributed by atoms with van der Waals surface area (Å²) in [5.41, 5.74) is -2.09. The van der Waals surface area contributed by atoms with Crippen LogP contribution in [0.25, 0.3) is 10.8 Å². The molecule has 0 radical (unpaired) electrons. The van der Waals surface area contributed by atoms with Gasteiger partial charge in [0.05, 0.1) is 13.7 Å². The number of carbonyl (C=O) groups excluding carboxylic acids is 5. The zero-order chi connectivity index (χ0) is 33.8. The van der Waals surface area contributed by atoms with Crippen LogP contribution in [0.15, 0.2) is 42.6 Å². The Kier molecular flexibility index (Phi) is 10.0. The van der Waals surface area contributed by atoms with Gasteiger partial charge >= 0.3 is 6.09 Å². The van der Waals surface area contributed by atoms with Gasteiger partial charge in [0.1, 0.15) is 35.1 Å². The molecule has 3 aliphatic rings. The summed E-state index contributed by atoms with van der Waals surface area (Å²) >= 11 is 0. The number of carbonyl (C=O) groups is 5. The van der Waals surface area contributed by atoms with Crippen molar-refractivity contribution in [1.29, 1.82) is 0 Å². The number of benzene rings is 1. The number of hydrogen-bond acceptors (Lipinski definition) is 9. The second-order valence-electron chi connectivity index (χ2n) is 13.3. The maximum absolute atomic E-state index is 14.3. The number of fused-ring (bicyclic) bond motifs is 3. The molecule has 2 fully saturated rings. The standard InChI is InChI=1S/C34H43N5O8/c1-33(2,3)47-32(44)37-26-11-9-7-5-6-8-10-22-18-34(22,31(43)36-20-40)38-28(41)27-17-24(19-39(27)30(26)42)46-29-25-13-12-23(45-4)16-21(25)14-15-35-29/h8,10,12-16,20,22,24,26-27H,5-7,9,11,17-19H2,1-4H3,(H,37,44)(H,38,41)(H,36,40,43)/b10-8-/t22-,24-,26+,27+,34-/m1/s1. The summed E-state index contributed by atoms with van der Waals surface area (Å²) in [4.78, 5) is 71.2. The zero-order valence-electron chi connectivity index (χ0n) is 27.2. The Hall–Kier alpha value is -4.68. The van der Waals surface area contributed by atoms with Crippen molar-refractivity contribution >= 4 is 41.0 Å². The van der Waals surface area contributed by atoms with E-state index in [2.05, 4.69) is 20.9 Å². The van der Waals surface area contributed by atoms with Crippen LogP contribution in [0.2, 0.25) is 0 Å². The van der Waals surface area contributed by atoms with Crippen molar-refractivity contribution < 1.29 is 38.2 Å². The van der Waals surface area contributed by atoms with Gasteiger partial charge in [-0.2, -0.15) is 0 Å². The molecule has 3 heterocycles. The highest BCUT2D eigenvalue weighted by molar-refractivity contribution is 6.01. The summed E-state index contributed by atoms with van der Waals surface area (Å²) in [7, 11) is 1.58. The first-order chi connectivity index (χ1) is 22.4. The van der Waals surface area contributed by atoms with Crippen molar-refractivity contribution in [2.24, 2.45) is 5.92 Å². The van der Waals surface area contributed by atoms with Crippen LogP contribution >= 0.6 is 0 Å². The summed E-state index contributed by atoms with van der Waals surface area (Å²) in [6.45, 7) is 5.25. The molecule has 5 atom stereocenters. The molecule has 13 nitrogen and oxygen atoms in total. The molecule has 13 heteroatoms. The molecule has 2 aliphatic heterocycles. The van der Waals surface area contributed by atoms with Gasteiger partial charge in [-0.1, -0.05) is 25.0 Å². The maximum Gasteiger partial charge on any atom is 0.408 e. The van der Waals surface area contributed by atoms with E-state index in [0.29, 0.717) is 37.3 Å². The first-order valence-electron chi connectivity index (χ1n) is 16.1. The number of nitrogens with one attached hydrogen (secondary N) is 3. The Labute approximate surface area is 273 Å². The van der Waals surface area contributed by atoms with Crippen molar-refractivity contribution in [1.82, 2.24) is 25.8 Å². The molecule has 0 spiro atoms. The Morgan fingerprint density at radius 2 is 1.96 bits per heavy atom. The molecule has 47 heavy (non-hydrogen) atoms. The zero-order valence-corrected chi connectivity index (χ0v) is 27.2. The summed E-state index contributed by atoms with van der Waals surface area (Å²) in [5.74, 6) is -0.903. The average Bonchev–Trinajstić information content (AvgIpc) is 3.55. The third-order valence-corrected chi connectivity index (χ3v) is 8.74. The fourth-order valence-corrected chi connectivity index (χ4v) is 6.30. The van der Waals surface area contributed by atoms with E-state index in [1.165, 1.54) is 4.90 Å². The number of methoxy groups -OCH3 is 1. The number of hydrogen-bond donors (Lipinski definition) is 3. The van der Waals surface area contributed by atoms with Gasteiger partial charge in [0.2, 0.25) is 24.1 Å². The smallest absolute Gasteiger partial charge is 0.408 e. The number of alkyl carbamates (subject to hydrolysis) is 1. The minimum absolute atomic E-state index is 0.0362. The van der Waals surface area contributed by atoms with Crippen molar-refractivity contribution in [3.63, 3.8) is 0 Å². The van der Waals surface area contributed by atoms with Crippen LogP contribution in [-0.2, 0) is 23.9 Å². The highest BCUT2D eigenvalue weighted by atomic mass is 16.6. The number of aromatic nitrogens is 1. The minimum atomic E-state index is -1.31. The second kappa shape index (κ2) is 14.0. The number of allylic oxidation sites excluding steroid dienone is 1. The maximum atomic E-state index is 14.3. The van der Waals surface area contributed by atoms with E-state index in [0.717, 1.165) is 30.0 Å². The predicted octanol–water partition coefficient (Wildman–Crippen LogP) is 3.15. The number of amides is 5. The Morgan fingerprint density at radius 1 is 1.15 bits per heavy atom. The Morgan fingerprint density at radius 3 is 2.70 bits per heavy atom. The number of nitrogens with zero attached hydrogens (tertiary/aromatic N) is 2. The topological polar surface area (TPSA) is 165 Å². The third kappa shape index (κ3) is 7.83. The highest BCUT2D eigenvalue weighted by Crippen LogP contribution is 2.45. The monoisotopic (exact) mass is 649 g/mol. The van der Waals surface area contributed by atoms with E-state index in [4.69, 9.17) is 14.2 Å². The van der Waals surface area contributed by atoms with Gasteiger partial charge in [-0.15, -0.1) is 0 Å². The van der Waals surface area contributed by atoms with Crippen LogP contribution in [0, 0.1) is 5.92 Å². The van der Waals surface area contributed by atoms with Gasteiger partial charge in [0.25, 0.3) is 5.91 Å². The van der Waals surface area contributed by atoms with E-state index >= 15 is 0 Å². The SMILES string of the molecule is COc1ccc2c(O[C@@H]3C[C@H]4C(=O)N[C@]5(C(=O)NC=O)C[C@H]5/C=C\CCCCC[C@H](NC(=O)OC(C)(C)C)C(=O)N4C3)nccc2c1. The second-order valence-corrected chi connectivity index (χ2v) is 13.3. The fourth-order valence-electron chi connectivity index (χ4n) is 6.30. The summed E-state index contributed by atoms with van der Waals surface area (Å²) in [6, 6.07) is 5.34. The number of imide groups is 1. The van der Waals surface area contributed by atoms with Gasteiger partial charge in [-0.3, -0.25) is 24.5 Å². The summed E-state index contributed by atoms with van der Waals surface area (Å²) in [6.07, 6.45) is 8.24. The van der Waals surface area contributed by atoms with Gasteiger partial charge < -0.3 is 29.7 Å². The molecular formula is C34H43N5O8. The van der Waals surface area contributed by atoms with Gasteiger partial charge in [0.15, 0.2) is 0 Å². The van der Waals surface area contributed by atoms with Gasteiger partial charge in [0, 0.05) is 23.9 Å². The van der Waals surface area contributed by atoms with Crippen LogP contribution in [-0.4, -0.2) is 83.1 Å². The van der Waals surface area contributed by atoms with E-state index in [1.807, 2.05) is 30.4 Å². The lowest BCUT2D eigenvalue weighted by atomic mass is 10.0. The van der Waals surface area contributed by atoms with E-state index in [-0.39, 0.29) is 18.9 Å². The molecule has 3 N–H and O–H groups in total. The lowest BCUT2D eigenvalue weighted by Crippen LogP contribution is -2.57. The molecule has 1 aromatic carbocycles. The lowest BCUT2D eigenvalue weighted by Gasteiger charge is -2.30. The fraction of sp³-hybridized carbons (Fsp3) is 0.529. The Bertz CT molecular complexity index is 1550. The largest absolute Gasteiger partial charge is 0.497 e. The van der Waals surface area contributed by atoms with Crippen LogP contribution in [0.4, 0.5) is 4.79 Å². The van der Waals surface area contributed by atoms with E-state index < -0.39 is 53.1 Å².